The van der Waals surface area contributed by atoms with Gasteiger partial charge in [0.05, 0.1) is 24.4 Å². The minimum atomic E-state index is -0.337. The first-order valence-electron chi connectivity index (χ1n) is 9.21. The quantitative estimate of drug-likeness (QED) is 0.757. The second-order valence-electron chi connectivity index (χ2n) is 6.87. The Hall–Kier alpha value is -2.83. The molecule has 1 aliphatic rings. The lowest BCUT2D eigenvalue weighted by Crippen LogP contribution is -2.34. The number of rotatable bonds is 7. The molecule has 1 N–H and O–H groups in total. The van der Waals surface area contributed by atoms with Crippen molar-refractivity contribution in [1.82, 2.24) is 15.1 Å². The van der Waals surface area contributed by atoms with E-state index in [9.17, 15) is 9.59 Å². The first-order chi connectivity index (χ1) is 13.0. The largest absolute Gasteiger partial charge is 0.495 e. The maximum atomic E-state index is 12.5. The molecule has 2 heterocycles. The molecule has 7 heteroatoms. The third-order valence-corrected chi connectivity index (χ3v) is 4.82. The predicted octanol–water partition coefficient (Wildman–Crippen LogP) is 2.07. The summed E-state index contributed by atoms with van der Waals surface area (Å²) in [5.74, 6) is 0.171. The molecule has 1 aromatic carbocycles. The number of para-hydroxylation sites is 2. The van der Waals surface area contributed by atoms with E-state index in [1.807, 2.05) is 48.9 Å². The summed E-state index contributed by atoms with van der Waals surface area (Å²) in [6.45, 7) is 5.70. The average molecular weight is 370 g/mol. The topological polar surface area (TPSA) is 76.5 Å². The minimum absolute atomic E-state index is 0.0534. The van der Waals surface area contributed by atoms with Crippen LogP contribution in [0.1, 0.15) is 24.2 Å². The Morgan fingerprint density at radius 2 is 2.11 bits per heavy atom. The highest BCUT2D eigenvalue weighted by Gasteiger charge is 2.36. The molecule has 2 amide bonds. The van der Waals surface area contributed by atoms with Crippen LogP contribution in [0, 0.1) is 19.8 Å². The molecule has 3 rings (SSSR count). The number of carbonyl (C=O) groups excluding carboxylic acids is 2. The lowest BCUT2D eigenvalue weighted by atomic mass is 10.1. The van der Waals surface area contributed by atoms with Crippen LogP contribution in [0.3, 0.4) is 0 Å². The highest BCUT2D eigenvalue weighted by Crippen LogP contribution is 2.32. The Bertz CT molecular complexity index is 830. The van der Waals surface area contributed by atoms with Crippen molar-refractivity contribution in [3.05, 3.63) is 41.7 Å². The molecule has 7 nitrogen and oxygen atoms in total. The standard InChI is InChI=1S/C20H26N4O3/c1-14-11-15(2)24(22-14)10-6-9-21-20(26)16-12-19(25)23(13-16)17-7-4-5-8-18(17)27-3/h4-5,7-8,11,16H,6,9-10,12-13H2,1-3H3,(H,21,26)/t16-/m0/s1. The fourth-order valence-corrected chi connectivity index (χ4v) is 3.45. The van der Waals surface area contributed by atoms with Gasteiger partial charge < -0.3 is 15.0 Å². The molecule has 1 atom stereocenters. The summed E-state index contributed by atoms with van der Waals surface area (Å²) in [7, 11) is 1.58. The normalized spacial score (nSPS) is 16.6. The number of hydrogen-bond donors (Lipinski definition) is 1. The van der Waals surface area contributed by atoms with Crippen molar-refractivity contribution >= 4 is 17.5 Å². The molecule has 0 bridgehead atoms. The summed E-state index contributed by atoms with van der Waals surface area (Å²) in [6.07, 6.45) is 1.02. The van der Waals surface area contributed by atoms with E-state index in [2.05, 4.69) is 10.4 Å². The summed E-state index contributed by atoms with van der Waals surface area (Å²) < 4.78 is 7.28. The number of anilines is 1. The van der Waals surface area contributed by atoms with Crippen molar-refractivity contribution in [3.8, 4) is 5.75 Å². The number of nitrogens with zero attached hydrogens (tertiary/aromatic N) is 3. The maximum Gasteiger partial charge on any atom is 0.227 e. The summed E-state index contributed by atoms with van der Waals surface area (Å²) >= 11 is 0. The fraction of sp³-hybridized carbons (Fsp3) is 0.450. The Kier molecular flexibility index (Phi) is 5.78. The average Bonchev–Trinajstić information content (AvgIpc) is 3.20. The number of amides is 2. The van der Waals surface area contributed by atoms with Gasteiger partial charge in [-0.2, -0.15) is 5.10 Å². The number of aryl methyl sites for hydroxylation is 3. The third kappa shape index (κ3) is 4.30. The van der Waals surface area contributed by atoms with Crippen LogP contribution in [0.5, 0.6) is 5.75 Å². The third-order valence-electron chi connectivity index (χ3n) is 4.82. The van der Waals surface area contributed by atoms with Gasteiger partial charge >= 0.3 is 0 Å². The highest BCUT2D eigenvalue weighted by molar-refractivity contribution is 6.01. The molecular weight excluding hydrogens is 344 g/mol. The first-order valence-corrected chi connectivity index (χ1v) is 9.21. The van der Waals surface area contributed by atoms with Gasteiger partial charge in [-0.15, -0.1) is 0 Å². The van der Waals surface area contributed by atoms with Crippen LogP contribution in [0.25, 0.3) is 0 Å². The molecule has 1 saturated heterocycles. The van der Waals surface area contributed by atoms with Crippen LogP contribution >= 0.6 is 0 Å². The first kappa shape index (κ1) is 18.9. The van der Waals surface area contributed by atoms with E-state index in [0.29, 0.717) is 24.5 Å². The minimum Gasteiger partial charge on any atom is -0.495 e. The number of hydrogen-bond acceptors (Lipinski definition) is 4. The van der Waals surface area contributed by atoms with E-state index in [0.717, 1.165) is 24.4 Å². The van der Waals surface area contributed by atoms with Gasteiger partial charge in [-0.05, 0) is 38.5 Å². The maximum absolute atomic E-state index is 12.5. The molecule has 0 unspecified atom stereocenters. The van der Waals surface area contributed by atoms with Crippen LogP contribution in [-0.4, -0.2) is 41.8 Å². The number of ether oxygens (including phenoxy) is 1. The van der Waals surface area contributed by atoms with E-state index >= 15 is 0 Å². The smallest absolute Gasteiger partial charge is 0.227 e. The van der Waals surface area contributed by atoms with Gasteiger partial charge in [-0.25, -0.2) is 0 Å². The van der Waals surface area contributed by atoms with Crippen molar-refractivity contribution in [2.24, 2.45) is 5.92 Å². The fourth-order valence-electron chi connectivity index (χ4n) is 3.45. The molecule has 1 fully saturated rings. The van der Waals surface area contributed by atoms with E-state index in [1.54, 1.807) is 12.0 Å². The molecule has 0 spiro atoms. The zero-order valence-corrected chi connectivity index (χ0v) is 16.1. The number of carbonyl (C=O) groups is 2. The van der Waals surface area contributed by atoms with Gasteiger partial charge in [0, 0.05) is 31.7 Å². The van der Waals surface area contributed by atoms with E-state index in [1.165, 1.54) is 0 Å². The molecular formula is C20H26N4O3. The molecule has 0 aliphatic carbocycles. The molecule has 0 radical (unpaired) electrons. The molecule has 27 heavy (non-hydrogen) atoms. The molecule has 0 saturated carbocycles. The van der Waals surface area contributed by atoms with Crippen LogP contribution in [0.15, 0.2) is 30.3 Å². The van der Waals surface area contributed by atoms with Gasteiger partial charge in [0.15, 0.2) is 0 Å². The van der Waals surface area contributed by atoms with E-state index in [-0.39, 0.29) is 24.2 Å². The summed E-state index contributed by atoms with van der Waals surface area (Å²) in [6, 6.07) is 9.41. The highest BCUT2D eigenvalue weighted by atomic mass is 16.5. The number of nitrogens with one attached hydrogen (secondary N) is 1. The Morgan fingerprint density at radius 1 is 1.33 bits per heavy atom. The number of aromatic nitrogens is 2. The predicted molar refractivity (Wildman–Crippen MR) is 103 cm³/mol. The van der Waals surface area contributed by atoms with Gasteiger partial charge in [-0.1, -0.05) is 12.1 Å². The summed E-state index contributed by atoms with van der Waals surface area (Å²) in [4.78, 5) is 26.5. The summed E-state index contributed by atoms with van der Waals surface area (Å²) in [5, 5.41) is 7.37. The van der Waals surface area contributed by atoms with Crippen molar-refractivity contribution < 1.29 is 14.3 Å². The number of methoxy groups -OCH3 is 1. The van der Waals surface area contributed by atoms with Crippen LogP contribution in [0.4, 0.5) is 5.69 Å². The zero-order chi connectivity index (χ0) is 19.4. The molecule has 2 aromatic rings. The monoisotopic (exact) mass is 370 g/mol. The van der Waals surface area contributed by atoms with Crippen molar-refractivity contribution in [2.45, 2.75) is 33.2 Å². The number of benzene rings is 1. The Labute approximate surface area is 159 Å². The SMILES string of the molecule is COc1ccccc1N1C[C@@H](C(=O)NCCCn2nc(C)cc2C)CC1=O. The lowest BCUT2D eigenvalue weighted by molar-refractivity contribution is -0.126. The van der Waals surface area contributed by atoms with E-state index < -0.39 is 0 Å². The molecule has 1 aliphatic heterocycles. The van der Waals surface area contributed by atoms with Gasteiger partial charge in [0.2, 0.25) is 11.8 Å². The van der Waals surface area contributed by atoms with Crippen molar-refractivity contribution in [1.29, 1.82) is 0 Å². The van der Waals surface area contributed by atoms with E-state index in [4.69, 9.17) is 4.74 Å². The van der Waals surface area contributed by atoms with Gasteiger partial charge in [-0.3, -0.25) is 14.3 Å². The molecule has 144 valence electrons. The van der Waals surface area contributed by atoms with Crippen molar-refractivity contribution in [3.63, 3.8) is 0 Å². The second-order valence-corrected chi connectivity index (χ2v) is 6.87. The van der Waals surface area contributed by atoms with Crippen LogP contribution in [0.2, 0.25) is 0 Å². The second kappa shape index (κ2) is 8.24. The molecule has 1 aromatic heterocycles. The zero-order valence-electron chi connectivity index (χ0n) is 16.1. The Morgan fingerprint density at radius 3 is 2.81 bits per heavy atom. The summed E-state index contributed by atoms with van der Waals surface area (Å²) in [5.41, 5.74) is 2.83. The van der Waals surface area contributed by atoms with Crippen LogP contribution < -0.4 is 15.0 Å². The lowest BCUT2D eigenvalue weighted by Gasteiger charge is -2.19. The van der Waals surface area contributed by atoms with Crippen LogP contribution in [-0.2, 0) is 16.1 Å². The van der Waals surface area contributed by atoms with Crippen molar-refractivity contribution in [2.75, 3.05) is 25.1 Å². The van der Waals surface area contributed by atoms with Gasteiger partial charge in [0.1, 0.15) is 5.75 Å². The Balaban J connectivity index is 1.51. The van der Waals surface area contributed by atoms with Gasteiger partial charge in [0.25, 0.3) is 0 Å².